The lowest BCUT2D eigenvalue weighted by atomic mass is 9.88. The standard InChI is InChI=1S/C29H24FNO4/c30-22-6-1-19(2-7-22)16-27(33)29(12-13-29)28(34)17-20-3-8-23(9-4-20)35-26-11-14-31-25-15-21(18-32)5-10-24(25)26/h1-11,14-15,32H,12-13,16-18H2. The van der Waals surface area contributed by atoms with Gasteiger partial charge in [-0.3, -0.25) is 14.6 Å². The molecule has 0 radical (unpaired) electrons. The second kappa shape index (κ2) is 9.39. The molecule has 4 aromatic rings. The topological polar surface area (TPSA) is 76.5 Å². The van der Waals surface area contributed by atoms with Crippen LogP contribution in [0.1, 0.15) is 29.5 Å². The van der Waals surface area contributed by atoms with Gasteiger partial charge in [-0.1, -0.05) is 30.3 Å². The van der Waals surface area contributed by atoms with E-state index in [1.807, 2.05) is 30.3 Å². The SMILES string of the molecule is O=C(Cc1ccc(F)cc1)C1(C(=O)Cc2ccc(Oc3ccnc4cc(CO)ccc34)cc2)CC1. The summed E-state index contributed by atoms with van der Waals surface area (Å²) in [5.41, 5.74) is 2.13. The first kappa shape index (κ1) is 22.9. The average molecular weight is 470 g/mol. The van der Waals surface area contributed by atoms with Crippen LogP contribution >= 0.6 is 0 Å². The number of Topliss-reactive ketones (excluding diaryl/α,β-unsaturated/α-hetero) is 2. The van der Waals surface area contributed by atoms with Gasteiger partial charge in [0, 0.05) is 24.4 Å². The maximum Gasteiger partial charge on any atom is 0.150 e. The van der Waals surface area contributed by atoms with E-state index in [0.29, 0.717) is 29.9 Å². The van der Waals surface area contributed by atoms with Crippen molar-refractivity contribution in [2.45, 2.75) is 32.3 Å². The van der Waals surface area contributed by atoms with E-state index in [4.69, 9.17) is 4.74 Å². The molecule has 3 aromatic carbocycles. The number of benzene rings is 3. The Kier molecular flexibility index (Phi) is 6.14. The van der Waals surface area contributed by atoms with Crippen LogP contribution in [0.2, 0.25) is 0 Å². The van der Waals surface area contributed by atoms with Crippen molar-refractivity contribution in [2.24, 2.45) is 5.41 Å². The van der Waals surface area contributed by atoms with Crippen LogP contribution in [-0.2, 0) is 29.0 Å². The molecule has 176 valence electrons. The van der Waals surface area contributed by atoms with Crippen LogP contribution < -0.4 is 4.74 Å². The van der Waals surface area contributed by atoms with E-state index < -0.39 is 5.41 Å². The van der Waals surface area contributed by atoms with Gasteiger partial charge in [0.25, 0.3) is 0 Å². The molecule has 35 heavy (non-hydrogen) atoms. The van der Waals surface area contributed by atoms with Crippen LogP contribution in [0.25, 0.3) is 10.9 Å². The molecule has 1 aromatic heterocycles. The normalized spacial score (nSPS) is 14.0. The molecular formula is C29H24FNO4. The maximum atomic E-state index is 13.1. The zero-order valence-corrected chi connectivity index (χ0v) is 19.0. The Labute approximate surface area is 202 Å². The number of halogens is 1. The lowest BCUT2D eigenvalue weighted by molar-refractivity contribution is -0.133. The number of rotatable bonds is 9. The predicted molar refractivity (Wildman–Crippen MR) is 130 cm³/mol. The largest absolute Gasteiger partial charge is 0.457 e. The molecule has 0 aliphatic heterocycles. The Hall–Kier alpha value is -3.90. The number of ketones is 2. The first-order valence-corrected chi connectivity index (χ1v) is 11.5. The Balaban J connectivity index is 1.25. The number of aliphatic hydroxyl groups excluding tert-OH is 1. The van der Waals surface area contributed by atoms with Gasteiger partial charge in [-0.25, -0.2) is 4.39 Å². The van der Waals surface area contributed by atoms with Crippen molar-refractivity contribution < 1.29 is 23.8 Å². The lowest BCUT2D eigenvalue weighted by Crippen LogP contribution is -2.28. The fourth-order valence-corrected chi connectivity index (χ4v) is 4.31. The van der Waals surface area contributed by atoms with E-state index in [1.54, 1.807) is 36.5 Å². The molecule has 1 heterocycles. The van der Waals surface area contributed by atoms with E-state index in [2.05, 4.69) is 4.98 Å². The summed E-state index contributed by atoms with van der Waals surface area (Å²) in [6.07, 6.45) is 3.11. The van der Waals surface area contributed by atoms with Gasteiger partial charge in [0.05, 0.1) is 17.5 Å². The number of pyridine rings is 1. The van der Waals surface area contributed by atoms with Crippen molar-refractivity contribution in [3.8, 4) is 11.5 Å². The van der Waals surface area contributed by atoms with Gasteiger partial charge in [-0.05, 0) is 72.0 Å². The molecule has 1 aliphatic rings. The second-order valence-electron chi connectivity index (χ2n) is 8.97. The maximum absolute atomic E-state index is 13.1. The highest BCUT2D eigenvalue weighted by atomic mass is 19.1. The van der Waals surface area contributed by atoms with Crippen molar-refractivity contribution in [1.82, 2.24) is 4.98 Å². The van der Waals surface area contributed by atoms with Crippen LogP contribution in [0.3, 0.4) is 0 Å². The number of nitrogens with zero attached hydrogens (tertiary/aromatic N) is 1. The fraction of sp³-hybridized carbons (Fsp3) is 0.207. The van der Waals surface area contributed by atoms with Crippen LogP contribution in [0, 0.1) is 11.2 Å². The summed E-state index contributed by atoms with van der Waals surface area (Å²) in [7, 11) is 0. The molecule has 1 fully saturated rings. The minimum Gasteiger partial charge on any atom is -0.457 e. The minimum absolute atomic E-state index is 0.0536. The molecular weight excluding hydrogens is 445 g/mol. The highest BCUT2D eigenvalue weighted by Crippen LogP contribution is 2.48. The van der Waals surface area contributed by atoms with E-state index in [-0.39, 0.29) is 36.8 Å². The summed E-state index contributed by atoms with van der Waals surface area (Å²) in [4.78, 5) is 30.2. The van der Waals surface area contributed by atoms with E-state index >= 15 is 0 Å². The lowest BCUT2D eigenvalue weighted by Gasteiger charge is -2.14. The summed E-state index contributed by atoms with van der Waals surface area (Å²) in [6.45, 7) is -0.0536. The predicted octanol–water partition coefficient (Wildman–Crippen LogP) is 5.36. The van der Waals surface area contributed by atoms with Gasteiger partial charge >= 0.3 is 0 Å². The molecule has 5 nitrogen and oxygen atoms in total. The van der Waals surface area contributed by atoms with Gasteiger partial charge in [0.15, 0.2) is 11.6 Å². The van der Waals surface area contributed by atoms with Crippen LogP contribution in [-0.4, -0.2) is 21.7 Å². The number of aromatic nitrogens is 1. The zero-order valence-electron chi connectivity index (χ0n) is 19.0. The quantitative estimate of drug-likeness (QED) is 0.334. The number of aliphatic hydroxyl groups is 1. The minimum atomic E-state index is -0.910. The monoisotopic (exact) mass is 469 g/mol. The fourth-order valence-electron chi connectivity index (χ4n) is 4.31. The number of hydrogen-bond donors (Lipinski definition) is 1. The zero-order chi connectivity index (χ0) is 24.4. The number of carbonyl (C=O) groups excluding carboxylic acids is 2. The molecule has 1 N–H and O–H groups in total. The summed E-state index contributed by atoms with van der Waals surface area (Å²) in [5, 5.41) is 10.2. The summed E-state index contributed by atoms with van der Waals surface area (Å²) < 4.78 is 19.2. The highest BCUT2D eigenvalue weighted by molar-refractivity contribution is 6.10. The molecule has 0 bridgehead atoms. The summed E-state index contributed by atoms with van der Waals surface area (Å²) in [5.74, 6) is 0.750. The van der Waals surface area contributed by atoms with Crippen LogP contribution in [0.15, 0.2) is 79.0 Å². The first-order valence-electron chi connectivity index (χ1n) is 11.5. The van der Waals surface area contributed by atoms with Gasteiger partial charge in [-0.2, -0.15) is 0 Å². The molecule has 5 rings (SSSR count). The molecule has 1 saturated carbocycles. The molecule has 0 saturated heterocycles. The molecule has 0 amide bonds. The first-order chi connectivity index (χ1) is 17.0. The Morgan fingerprint density at radius 2 is 1.46 bits per heavy atom. The second-order valence-corrected chi connectivity index (χ2v) is 8.97. The van der Waals surface area contributed by atoms with Gasteiger partial charge in [0.1, 0.15) is 17.3 Å². The number of ether oxygens (including phenoxy) is 1. The van der Waals surface area contributed by atoms with Crippen molar-refractivity contribution in [3.63, 3.8) is 0 Å². The number of fused-ring (bicyclic) bond motifs is 1. The van der Waals surface area contributed by atoms with Crippen LogP contribution in [0.5, 0.6) is 11.5 Å². The number of carbonyl (C=O) groups is 2. The third kappa shape index (κ3) is 4.84. The average Bonchev–Trinajstić information content (AvgIpc) is 3.69. The third-order valence-electron chi connectivity index (χ3n) is 6.56. The molecule has 6 heteroatoms. The van der Waals surface area contributed by atoms with Gasteiger partial charge in [-0.15, -0.1) is 0 Å². The molecule has 0 unspecified atom stereocenters. The molecule has 1 aliphatic carbocycles. The van der Waals surface area contributed by atoms with E-state index in [1.165, 1.54) is 12.1 Å². The Morgan fingerprint density at radius 1 is 0.857 bits per heavy atom. The van der Waals surface area contributed by atoms with Crippen LogP contribution in [0.4, 0.5) is 4.39 Å². The van der Waals surface area contributed by atoms with Crippen molar-refractivity contribution in [2.75, 3.05) is 0 Å². The van der Waals surface area contributed by atoms with Gasteiger partial charge < -0.3 is 9.84 Å². The molecule has 0 spiro atoms. The Bertz CT molecular complexity index is 1390. The molecule has 0 atom stereocenters. The Morgan fingerprint density at radius 3 is 2.06 bits per heavy atom. The van der Waals surface area contributed by atoms with Crippen molar-refractivity contribution in [1.29, 1.82) is 0 Å². The summed E-state index contributed by atoms with van der Waals surface area (Å²) in [6, 6.07) is 20.4. The summed E-state index contributed by atoms with van der Waals surface area (Å²) >= 11 is 0. The van der Waals surface area contributed by atoms with Crippen molar-refractivity contribution in [3.05, 3.63) is 102 Å². The third-order valence-corrected chi connectivity index (χ3v) is 6.56. The van der Waals surface area contributed by atoms with E-state index in [0.717, 1.165) is 22.0 Å². The number of hydrogen-bond acceptors (Lipinski definition) is 5. The highest BCUT2D eigenvalue weighted by Gasteiger charge is 2.54. The van der Waals surface area contributed by atoms with E-state index in [9.17, 15) is 19.1 Å². The van der Waals surface area contributed by atoms with Gasteiger partial charge in [0.2, 0.25) is 0 Å². The van der Waals surface area contributed by atoms with Crippen molar-refractivity contribution >= 4 is 22.5 Å². The smallest absolute Gasteiger partial charge is 0.150 e.